The van der Waals surface area contributed by atoms with Gasteiger partial charge in [-0.05, 0) is 379 Å². The Bertz CT molecular complexity index is 4340. The van der Waals surface area contributed by atoms with Gasteiger partial charge in [-0.1, -0.05) is 65.5 Å². The Kier molecular flexibility index (Phi) is 48.7. The van der Waals surface area contributed by atoms with Crippen molar-refractivity contribution in [1.29, 1.82) is 0 Å². The van der Waals surface area contributed by atoms with Crippen molar-refractivity contribution >= 4 is 159 Å². The fourth-order valence-corrected chi connectivity index (χ4v) is 20.7. The Morgan fingerprint density at radius 2 is 0.837 bits per heavy atom. The normalized spacial score (nSPS) is 25.5. The number of carbonyl (C=O) groups excluding carboxylic acids is 3. The summed E-state index contributed by atoms with van der Waals surface area (Å²) in [5, 5.41) is 16.1. The van der Waals surface area contributed by atoms with Crippen LogP contribution in [-0.2, 0) is 73.7 Å². The van der Waals surface area contributed by atoms with Gasteiger partial charge >= 0.3 is 0 Å². The molecule has 8 N–H and O–H groups in total. The van der Waals surface area contributed by atoms with E-state index in [-0.39, 0.29) is 87.7 Å². The van der Waals surface area contributed by atoms with Gasteiger partial charge in [-0.2, -0.15) is 0 Å². The average Bonchev–Trinajstić information content (AvgIpc) is 1.54. The number of nitrogens with zero attached hydrogens (tertiary/aromatic N) is 10. The third-order valence-electron chi connectivity index (χ3n) is 26.3. The molecular weight excluding hydrogens is 1920 g/mol. The highest BCUT2D eigenvalue weighted by Crippen LogP contribution is 2.65. The van der Waals surface area contributed by atoms with Crippen LogP contribution >= 0.6 is 116 Å². The van der Waals surface area contributed by atoms with Crippen LogP contribution in [0, 0.1) is 69.5 Å². The van der Waals surface area contributed by atoms with Crippen LogP contribution < -0.4 is 22.5 Å². The molecule has 0 aromatic heterocycles. The summed E-state index contributed by atoms with van der Waals surface area (Å²) in [5.74, 6) is 25.0. The van der Waals surface area contributed by atoms with Gasteiger partial charge in [-0.15, -0.1) is 70.4 Å². The first kappa shape index (κ1) is 114. The second kappa shape index (κ2) is 55.0. The maximum atomic E-state index is 14.8. The van der Waals surface area contributed by atoms with Crippen molar-refractivity contribution < 1.29 is 37.9 Å². The van der Waals surface area contributed by atoms with Crippen LogP contribution in [0.3, 0.4) is 0 Å². The van der Waals surface area contributed by atoms with Crippen LogP contribution in [0.5, 0.6) is 0 Å². The molecule has 6 saturated carbocycles. The molecule has 3 atom stereocenters. The lowest BCUT2D eigenvalue weighted by Crippen LogP contribution is -2.56. The number of benzene rings is 3. The van der Waals surface area contributed by atoms with Gasteiger partial charge < -0.3 is 71.2 Å². The Balaban J connectivity index is 0.000000259. The second-order valence-electron chi connectivity index (χ2n) is 37.5. The zero-order chi connectivity index (χ0) is 92.9. The number of methoxy groups -OCH3 is 3. The third-order valence-corrected chi connectivity index (χ3v) is 28.1. The lowest BCUT2D eigenvalue weighted by molar-refractivity contribution is -0.139. The number of aliphatic hydroxyl groups excluding tert-OH is 1. The highest BCUT2D eigenvalue weighted by Gasteiger charge is 2.69. The third kappa shape index (κ3) is 30.9. The van der Waals surface area contributed by atoms with Gasteiger partial charge in [0.15, 0.2) is 32.9 Å². The number of hydrogen-bond donors (Lipinski definition) is 5. The molecule has 3 aliphatic heterocycles. The maximum absolute atomic E-state index is 14.8. The summed E-state index contributed by atoms with van der Waals surface area (Å²) in [7, 11) is 37.4. The van der Waals surface area contributed by atoms with Gasteiger partial charge in [0.25, 0.3) is 17.7 Å². The zero-order valence-corrected chi connectivity index (χ0v) is 88.7. The fraction of sp³-hybridized carbons (Fsp3) is 0.691. The summed E-state index contributed by atoms with van der Waals surface area (Å²) >= 11 is 27.5. The molecule has 22 nitrogen and oxygen atoms in total. The lowest BCUT2D eigenvalue weighted by Gasteiger charge is -2.46. The van der Waals surface area contributed by atoms with Crippen LogP contribution in [0.1, 0.15) is 204 Å². The first-order valence-electron chi connectivity index (χ1n) is 45.5. The highest BCUT2D eigenvalue weighted by molar-refractivity contribution is 14.0. The predicted octanol–water partition coefficient (Wildman–Crippen LogP) is 15.8. The number of halogens is 7. The lowest BCUT2D eigenvalue weighted by atomic mass is 9.61. The van der Waals surface area contributed by atoms with Crippen molar-refractivity contribution in [3.8, 4) is 35.5 Å². The number of amides is 3. The molecule has 3 amide bonds. The number of ether oxygens (including phenoxy) is 3. The van der Waals surface area contributed by atoms with E-state index < -0.39 is 25.8 Å². The molecule has 32 heteroatoms. The van der Waals surface area contributed by atoms with Crippen molar-refractivity contribution in [2.75, 3.05) is 188 Å². The average molecular weight is 2080 g/mol. The van der Waals surface area contributed by atoms with E-state index in [0.29, 0.717) is 48.5 Å². The molecule has 3 unspecified atom stereocenters. The van der Waals surface area contributed by atoms with Gasteiger partial charge in [0, 0.05) is 131 Å². The second-order valence-corrected chi connectivity index (χ2v) is 43.0. The van der Waals surface area contributed by atoms with Gasteiger partial charge in [0.1, 0.15) is 0 Å². The van der Waals surface area contributed by atoms with E-state index >= 15 is 0 Å². The molecule has 3 aromatic carbocycles. The van der Waals surface area contributed by atoms with E-state index in [1.54, 1.807) is 30.9 Å². The molecule has 15 rings (SSSR count). The minimum absolute atomic E-state index is 0. The smallest absolute Gasteiger partial charge is 0.262 e. The number of nitrogens with two attached hydrogens (primary N) is 1. The number of rotatable bonds is 24. The summed E-state index contributed by atoms with van der Waals surface area (Å²) in [6.07, 6.45) is 28.1. The Labute approximate surface area is 831 Å². The van der Waals surface area contributed by atoms with Crippen molar-refractivity contribution in [3.63, 3.8) is 0 Å². The molecule has 3 aromatic rings. The Morgan fingerprint density at radius 1 is 0.512 bits per heavy atom. The summed E-state index contributed by atoms with van der Waals surface area (Å²) in [5.41, 5.74) is 13.3. The minimum Gasteiger partial charge on any atom is -0.396 e. The molecule has 1 saturated heterocycles. The van der Waals surface area contributed by atoms with Gasteiger partial charge in [-0.25, -0.2) is 14.2 Å². The summed E-state index contributed by atoms with van der Waals surface area (Å²) < 4.78 is 26.1. The number of nitrogens with one attached hydrogen (secondary N) is 2. The van der Waals surface area contributed by atoms with E-state index in [2.05, 4.69) is 180 Å². The molecule has 3 heterocycles. The zero-order valence-electron chi connectivity index (χ0n) is 79.4. The molecule has 722 valence electrons. The van der Waals surface area contributed by atoms with E-state index in [0.717, 1.165) is 230 Å². The molecule has 0 radical (unpaired) electrons. The standard InChI is InChI=1S/C32H46N4O2S.C27H36N4O2.C22H24N2O2S.2C5H12ClN.C5H13NO.CH2Cl2.Cl2OS.HI.H3N/c1-34(2)18-6-20-36-29(37)32(33-30(36)39-21-7-19-35(3)4)28-22-25(11-10-24-8-9-24)12-13-26(28)23-31(32)16-14-27(38-5)15-17-31;1-30(2)15-4-16-31-24(32)27(29-25(31)28)23-17-20(8-7-19-5-6-19)9-10-21(23)18-26(27)13-11-22(33-3)12-14-26;1-26-17-8-10-21(11-9-17)13-16-7-6-15(5-4-14-2-3-14)12-18(16)22(21)19(25)23-20(27)24-22;2*1-7(2)5-3-4-6;1-6(2)4-3-5-7;2-1-3;1-4(2)3;;/h12-13,22,24,27H,6-9,14-21,23H2,1-5H3;9-10,17,19,22H,4-6,11-16,18H2,1-3H3,(H2,28,29);6-7,12,14,17H,2-3,8-11,13H2,1H3,(H2,23,24,25,27);2*3-5H2,1-2H3;7H,3-5H2,1-2H3;1H2;;1H;1H3. The van der Waals surface area contributed by atoms with Crippen LogP contribution in [0.4, 0.5) is 0 Å². The largest absolute Gasteiger partial charge is 0.396 e. The molecule has 7 fully saturated rings. The number of guanidine groups is 1. The number of thioether (sulfide) groups is 1. The molecule has 129 heavy (non-hydrogen) atoms. The van der Waals surface area contributed by atoms with E-state index in [1.807, 2.05) is 68.4 Å². The number of aliphatic hydroxyl groups is 1. The number of fused-ring (bicyclic) bond motifs is 9. The number of aliphatic imine (C=N–C) groups is 2. The summed E-state index contributed by atoms with van der Waals surface area (Å²) in [4.78, 5) is 69.6. The van der Waals surface area contributed by atoms with Crippen LogP contribution in [-0.4, -0.2) is 289 Å². The Hall–Kier alpha value is -3.69. The molecule has 12 aliphatic rings. The molecule has 0 bridgehead atoms. The van der Waals surface area contributed by atoms with Gasteiger partial charge in [0.05, 0.1) is 23.7 Å². The molecule has 6 spiro atoms. The van der Waals surface area contributed by atoms with Crippen molar-refractivity contribution in [1.82, 2.24) is 56.0 Å². The summed E-state index contributed by atoms with van der Waals surface area (Å²) in [6.45, 7) is 7.69. The van der Waals surface area contributed by atoms with E-state index in [9.17, 15) is 14.4 Å². The van der Waals surface area contributed by atoms with Crippen LogP contribution in [0.25, 0.3) is 0 Å². The summed E-state index contributed by atoms with van der Waals surface area (Å²) in [6, 6.07) is 19.5. The predicted molar refractivity (Wildman–Crippen MR) is 553 cm³/mol. The van der Waals surface area contributed by atoms with Crippen LogP contribution in [0.2, 0.25) is 0 Å². The quantitative estimate of drug-likeness (QED) is 0.0140. The molecule has 9 aliphatic carbocycles. The fourth-order valence-electron chi connectivity index (χ4n) is 19.3. The van der Waals surface area contributed by atoms with E-state index in [4.69, 9.17) is 97.9 Å². The number of hydrogen-bond acceptors (Lipinski definition) is 20. The first-order chi connectivity index (χ1) is 60.7. The number of thiocarbonyl (C=S) groups is 1. The first-order valence-corrected chi connectivity index (χ1v) is 51.9. The monoisotopic (exact) mass is 2070 g/mol. The SMILES string of the molecule is CN(C)CCCCl.CN(C)CCCCl.CN(C)CCCO.COC1CCC2(CC1)Cc1ccc(C#CC3CC3)cc1C21N=C(N)N(CCCN(C)C)C1=O.COC1CCC2(CC1)Cc1ccc(C#CC3CC3)cc1C21N=C(SCCCN(C)C)N(CCCN(C)C)C1=O.COC1CCC2(CC1)Cc1ccc(C#CC3CC3)cc1C21NC(=S)NC1=O.ClCCl.I.N.O=S(Cl)Cl. The van der Waals surface area contributed by atoms with Gasteiger partial charge in [0.2, 0.25) is 9.23 Å². The molecular formula is C97H149Cl6IN14O8S3. The number of alkyl halides is 4. The topological polar surface area (TPSA) is 252 Å². The minimum atomic E-state index is -1.67. The highest BCUT2D eigenvalue weighted by atomic mass is 127. The maximum Gasteiger partial charge on any atom is 0.262 e. The van der Waals surface area contributed by atoms with Crippen molar-refractivity contribution in [3.05, 3.63) is 105 Å². The van der Waals surface area contributed by atoms with Gasteiger partial charge in [-0.3, -0.25) is 24.2 Å². The van der Waals surface area contributed by atoms with Crippen molar-refractivity contribution in [2.24, 2.45) is 49.7 Å². The number of carbonyl (C=O) groups is 3. The van der Waals surface area contributed by atoms with Crippen LogP contribution in [0.15, 0.2) is 64.6 Å². The number of amidine groups is 1. The Morgan fingerprint density at radius 3 is 1.17 bits per heavy atom. The van der Waals surface area contributed by atoms with E-state index in [1.165, 1.54) is 55.2 Å². The van der Waals surface area contributed by atoms with Crippen molar-refractivity contribution in [2.45, 2.75) is 208 Å².